The molecule has 0 radical (unpaired) electrons. The molecule has 5 heteroatoms. The van der Waals surface area contributed by atoms with Gasteiger partial charge in [-0.15, -0.1) is 0 Å². The van der Waals surface area contributed by atoms with Crippen LogP contribution < -0.4 is 10.5 Å². The van der Waals surface area contributed by atoms with E-state index in [9.17, 15) is 0 Å². The third kappa shape index (κ3) is 6.25. The number of hydrogen-bond donors (Lipinski definition) is 1. The molecular formula is C14H22ClNO3. The lowest BCUT2D eigenvalue weighted by molar-refractivity contribution is 0.0806. The second-order valence-electron chi connectivity index (χ2n) is 4.29. The maximum absolute atomic E-state index is 6.12. The molecule has 19 heavy (non-hydrogen) atoms. The molecule has 1 atom stereocenters. The van der Waals surface area contributed by atoms with Gasteiger partial charge in [0, 0.05) is 26.4 Å². The normalized spacial score (nSPS) is 12.4. The summed E-state index contributed by atoms with van der Waals surface area (Å²) in [5, 5.41) is 0.578. The van der Waals surface area contributed by atoms with E-state index < -0.39 is 0 Å². The zero-order valence-corrected chi connectivity index (χ0v) is 12.3. The Kier molecular flexibility index (Phi) is 7.82. The molecule has 1 aromatic rings. The highest BCUT2D eigenvalue weighted by Gasteiger charge is 2.05. The number of halogens is 1. The van der Waals surface area contributed by atoms with E-state index >= 15 is 0 Å². The van der Waals surface area contributed by atoms with E-state index in [0.29, 0.717) is 37.2 Å². The van der Waals surface area contributed by atoms with Crippen LogP contribution in [0.25, 0.3) is 0 Å². The number of benzene rings is 1. The minimum atomic E-state index is -0.0318. The summed E-state index contributed by atoms with van der Waals surface area (Å²) in [5.74, 6) is 0.659. The van der Waals surface area contributed by atoms with Crippen LogP contribution in [0.1, 0.15) is 24.9 Å². The summed E-state index contributed by atoms with van der Waals surface area (Å²) in [6, 6.07) is 5.56. The number of methoxy groups -OCH3 is 1. The second-order valence-corrected chi connectivity index (χ2v) is 4.69. The van der Waals surface area contributed by atoms with Gasteiger partial charge in [-0.1, -0.05) is 17.7 Å². The first-order valence-corrected chi connectivity index (χ1v) is 6.77. The monoisotopic (exact) mass is 287 g/mol. The van der Waals surface area contributed by atoms with Crippen LogP contribution in [-0.4, -0.2) is 33.5 Å². The smallest absolute Gasteiger partial charge is 0.138 e. The summed E-state index contributed by atoms with van der Waals surface area (Å²) >= 11 is 6.12. The van der Waals surface area contributed by atoms with Crippen LogP contribution in [0.2, 0.25) is 5.02 Å². The summed E-state index contributed by atoms with van der Waals surface area (Å²) in [5.41, 5.74) is 6.78. The van der Waals surface area contributed by atoms with Crippen LogP contribution >= 0.6 is 11.6 Å². The van der Waals surface area contributed by atoms with Crippen LogP contribution in [0.4, 0.5) is 0 Å². The molecule has 0 aliphatic heterocycles. The van der Waals surface area contributed by atoms with Gasteiger partial charge < -0.3 is 19.9 Å². The first-order valence-electron chi connectivity index (χ1n) is 6.39. The molecule has 0 saturated heterocycles. The van der Waals surface area contributed by atoms with Gasteiger partial charge in [0.15, 0.2) is 0 Å². The van der Waals surface area contributed by atoms with Gasteiger partial charge in [0.2, 0.25) is 0 Å². The zero-order chi connectivity index (χ0) is 14.1. The fourth-order valence-corrected chi connectivity index (χ4v) is 1.78. The van der Waals surface area contributed by atoms with Crippen molar-refractivity contribution >= 4 is 11.6 Å². The molecule has 0 amide bonds. The Hall–Kier alpha value is -0.810. The maximum atomic E-state index is 6.12. The van der Waals surface area contributed by atoms with E-state index in [0.717, 1.165) is 12.0 Å². The van der Waals surface area contributed by atoms with Crippen molar-refractivity contribution in [1.82, 2.24) is 0 Å². The predicted octanol–water partition coefficient (Wildman–Crippen LogP) is 2.79. The lowest BCUT2D eigenvalue weighted by Crippen LogP contribution is -2.09. The SMILES string of the molecule is COCCCOCCOc1ccc([C@@H](C)N)cc1Cl. The van der Waals surface area contributed by atoms with Gasteiger partial charge in [0.1, 0.15) is 12.4 Å². The van der Waals surface area contributed by atoms with Gasteiger partial charge in [-0.2, -0.15) is 0 Å². The van der Waals surface area contributed by atoms with Crippen molar-refractivity contribution in [2.24, 2.45) is 5.73 Å². The highest BCUT2D eigenvalue weighted by Crippen LogP contribution is 2.27. The quantitative estimate of drug-likeness (QED) is 0.710. The molecule has 108 valence electrons. The lowest BCUT2D eigenvalue weighted by atomic mass is 10.1. The van der Waals surface area contributed by atoms with Gasteiger partial charge >= 0.3 is 0 Å². The van der Waals surface area contributed by atoms with Crippen LogP contribution in [-0.2, 0) is 9.47 Å². The average molecular weight is 288 g/mol. The van der Waals surface area contributed by atoms with Gasteiger partial charge in [-0.25, -0.2) is 0 Å². The van der Waals surface area contributed by atoms with Gasteiger partial charge in [0.25, 0.3) is 0 Å². The van der Waals surface area contributed by atoms with Crippen LogP contribution in [0.5, 0.6) is 5.75 Å². The van der Waals surface area contributed by atoms with E-state index in [2.05, 4.69) is 0 Å². The van der Waals surface area contributed by atoms with Crippen molar-refractivity contribution < 1.29 is 14.2 Å². The van der Waals surface area contributed by atoms with Crippen molar-refractivity contribution in [2.75, 3.05) is 33.5 Å². The van der Waals surface area contributed by atoms with E-state index in [-0.39, 0.29) is 6.04 Å². The topological polar surface area (TPSA) is 53.7 Å². The Morgan fingerprint density at radius 2 is 2.00 bits per heavy atom. The standard InChI is InChI=1S/C14H22ClNO3/c1-11(16)12-4-5-14(13(15)10-12)19-9-8-18-7-3-6-17-2/h4-5,10-11H,3,6-9,16H2,1-2H3/t11-/m1/s1. The van der Waals surface area contributed by atoms with Gasteiger partial charge in [-0.05, 0) is 31.0 Å². The average Bonchev–Trinajstić information content (AvgIpc) is 2.39. The molecule has 1 rings (SSSR count). The molecule has 0 unspecified atom stereocenters. The summed E-state index contributed by atoms with van der Waals surface area (Å²) in [4.78, 5) is 0. The van der Waals surface area contributed by atoms with E-state index in [1.54, 1.807) is 7.11 Å². The van der Waals surface area contributed by atoms with Crippen molar-refractivity contribution in [3.63, 3.8) is 0 Å². The third-order valence-electron chi connectivity index (χ3n) is 2.60. The molecule has 0 aliphatic carbocycles. The zero-order valence-electron chi connectivity index (χ0n) is 11.5. The van der Waals surface area contributed by atoms with Gasteiger partial charge in [0.05, 0.1) is 11.6 Å². The summed E-state index contributed by atoms with van der Waals surface area (Å²) in [6.07, 6.45) is 0.889. The van der Waals surface area contributed by atoms with Crippen molar-refractivity contribution in [3.8, 4) is 5.75 Å². The Balaban J connectivity index is 2.26. The molecule has 0 aromatic heterocycles. The molecule has 0 saturated carbocycles. The highest BCUT2D eigenvalue weighted by molar-refractivity contribution is 6.32. The maximum Gasteiger partial charge on any atom is 0.138 e. The Labute approximate surface area is 119 Å². The molecule has 0 fully saturated rings. The van der Waals surface area contributed by atoms with Crippen molar-refractivity contribution in [3.05, 3.63) is 28.8 Å². The predicted molar refractivity (Wildman–Crippen MR) is 76.9 cm³/mol. The summed E-state index contributed by atoms with van der Waals surface area (Å²) in [7, 11) is 1.68. The molecule has 1 aromatic carbocycles. The van der Waals surface area contributed by atoms with Gasteiger partial charge in [-0.3, -0.25) is 0 Å². The number of ether oxygens (including phenoxy) is 3. The molecule has 4 nitrogen and oxygen atoms in total. The third-order valence-corrected chi connectivity index (χ3v) is 2.90. The lowest BCUT2D eigenvalue weighted by Gasteiger charge is -2.11. The fourth-order valence-electron chi connectivity index (χ4n) is 1.54. The largest absolute Gasteiger partial charge is 0.490 e. The first kappa shape index (κ1) is 16.2. The molecule has 0 bridgehead atoms. The highest BCUT2D eigenvalue weighted by atomic mass is 35.5. The fraction of sp³-hybridized carbons (Fsp3) is 0.571. The summed E-state index contributed by atoms with van der Waals surface area (Å²) in [6.45, 7) is 4.32. The van der Waals surface area contributed by atoms with Crippen LogP contribution in [0, 0.1) is 0 Å². The van der Waals surface area contributed by atoms with Crippen molar-refractivity contribution in [2.45, 2.75) is 19.4 Å². The Morgan fingerprint density at radius 1 is 1.21 bits per heavy atom. The number of rotatable bonds is 9. The molecular weight excluding hydrogens is 266 g/mol. The molecule has 0 heterocycles. The van der Waals surface area contributed by atoms with E-state index in [1.807, 2.05) is 25.1 Å². The molecule has 0 aliphatic rings. The minimum Gasteiger partial charge on any atom is -0.490 e. The second kappa shape index (κ2) is 9.15. The van der Waals surface area contributed by atoms with E-state index in [4.69, 9.17) is 31.5 Å². The van der Waals surface area contributed by atoms with Crippen LogP contribution in [0.3, 0.4) is 0 Å². The minimum absolute atomic E-state index is 0.0318. The van der Waals surface area contributed by atoms with Crippen LogP contribution in [0.15, 0.2) is 18.2 Å². The number of nitrogens with two attached hydrogens (primary N) is 1. The molecule has 2 N–H and O–H groups in total. The molecule has 0 spiro atoms. The first-order chi connectivity index (χ1) is 9.15. The number of hydrogen-bond acceptors (Lipinski definition) is 4. The Bertz CT molecular complexity index is 372. The van der Waals surface area contributed by atoms with Crippen molar-refractivity contribution in [1.29, 1.82) is 0 Å². The van der Waals surface area contributed by atoms with E-state index in [1.165, 1.54) is 0 Å². The summed E-state index contributed by atoms with van der Waals surface area (Å²) < 4.78 is 15.9. The Morgan fingerprint density at radius 3 is 2.63 bits per heavy atom.